The average Bonchev–Trinajstić information content (AvgIpc) is 2.74. The highest BCUT2D eigenvalue weighted by Crippen LogP contribution is 2.29. The number of hydrogen-bond acceptors (Lipinski definition) is 5. The van der Waals surface area contributed by atoms with Crippen molar-refractivity contribution >= 4 is 23.1 Å². The standard InChI is InChI=1S/C10H11N3S2/c1-7-4-8(5-11)6-13-9(7)15-10-12-2-3-14-10/h2-4,6H,5,11H2,1H3. The molecule has 15 heavy (non-hydrogen) atoms. The predicted molar refractivity (Wildman–Crippen MR) is 63.1 cm³/mol. The zero-order valence-electron chi connectivity index (χ0n) is 8.30. The van der Waals surface area contributed by atoms with Crippen molar-refractivity contribution in [1.29, 1.82) is 0 Å². The van der Waals surface area contributed by atoms with Gasteiger partial charge in [-0.1, -0.05) is 6.07 Å². The van der Waals surface area contributed by atoms with Crippen LogP contribution in [-0.2, 0) is 6.54 Å². The van der Waals surface area contributed by atoms with E-state index in [9.17, 15) is 0 Å². The molecule has 2 heterocycles. The molecule has 0 spiro atoms. The number of rotatable bonds is 3. The van der Waals surface area contributed by atoms with Crippen LogP contribution < -0.4 is 5.73 Å². The van der Waals surface area contributed by atoms with Gasteiger partial charge in [0.15, 0.2) is 4.34 Å². The van der Waals surface area contributed by atoms with Crippen molar-refractivity contribution in [1.82, 2.24) is 9.97 Å². The van der Waals surface area contributed by atoms with Crippen LogP contribution >= 0.6 is 23.1 Å². The topological polar surface area (TPSA) is 51.8 Å². The summed E-state index contributed by atoms with van der Waals surface area (Å²) < 4.78 is 1.02. The van der Waals surface area contributed by atoms with Crippen molar-refractivity contribution in [3.05, 3.63) is 35.0 Å². The van der Waals surface area contributed by atoms with Crippen molar-refractivity contribution in [2.24, 2.45) is 5.73 Å². The molecule has 0 saturated carbocycles. The highest BCUT2D eigenvalue weighted by Gasteiger charge is 2.05. The maximum atomic E-state index is 5.55. The highest BCUT2D eigenvalue weighted by molar-refractivity contribution is 8.01. The number of nitrogens with two attached hydrogens (primary N) is 1. The van der Waals surface area contributed by atoms with Gasteiger partial charge in [-0.15, -0.1) is 11.3 Å². The van der Waals surface area contributed by atoms with Crippen LogP contribution in [0.25, 0.3) is 0 Å². The molecule has 0 aliphatic rings. The summed E-state index contributed by atoms with van der Waals surface area (Å²) in [4.78, 5) is 8.59. The number of nitrogens with zero attached hydrogens (tertiary/aromatic N) is 2. The van der Waals surface area contributed by atoms with Gasteiger partial charge in [-0.05, 0) is 29.8 Å². The van der Waals surface area contributed by atoms with Crippen LogP contribution in [0.1, 0.15) is 11.1 Å². The smallest absolute Gasteiger partial charge is 0.156 e. The summed E-state index contributed by atoms with van der Waals surface area (Å²) in [5.41, 5.74) is 7.76. The third kappa shape index (κ3) is 2.56. The van der Waals surface area contributed by atoms with Gasteiger partial charge < -0.3 is 5.73 Å². The van der Waals surface area contributed by atoms with Crippen LogP contribution in [0.5, 0.6) is 0 Å². The first-order valence-electron chi connectivity index (χ1n) is 4.52. The van der Waals surface area contributed by atoms with Crippen LogP contribution in [0.15, 0.2) is 33.2 Å². The lowest BCUT2D eigenvalue weighted by molar-refractivity contribution is 0.987. The van der Waals surface area contributed by atoms with Gasteiger partial charge in [0, 0.05) is 24.3 Å². The molecule has 0 aliphatic heterocycles. The molecule has 78 valence electrons. The molecule has 2 aromatic heterocycles. The second-order valence-corrected chi connectivity index (χ2v) is 5.20. The molecule has 0 atom stereocenters. The minimum Gasteiger partial charge on any atom is -0.326 e. The lowest BCUT2D eigenvalue weighted by atomic mass is 10.2. The SMILES string of the molecule is Cc1cc(CN)cnc1Sc1nccs1. The Morgan fingerprint density at radius 1 is 1.47 bits per heavy atom. The largest absolute Gasteiger partial charge is 0.326 e. The molecule has 0 unspecified atom stereocenters. The predicted octanol–water partition coefficient (Wildman–Crippen LogP) is 2.46. The van der Waals surface area contributed by atoms with E-state index >= 15 is 0 Å². The summed E-state index contributed by atoms with van der Waals surface area (Å²) in [5, 5.41) is 2.97. The summed E-state index contributed by atoms with van der Waals surface area (Å²) in [6.07, 6.45) is 3.62. The van der Waals surface area contributed by atoms with E-state index in [1.807, 2.05) is 18.5 Å². The van der Waals surface area contributed by atoms with Gasteiger partial charge in [-0.3, -0.25) is 0 Å². The van der Waals surface area contributed by atoms with Gasteiger partial charge >= 0.3 is 0 Å². The molecule has 0 amide bonds. The number of aryl methyl sites for hydroxylation is 1. The molecule has 0 radical (unpaired) electrons. The second kappa shape index (κ2) is 4.74. The normalized spacial score (nSPS) is 10.5. The second-order valence-electron chi connectivity index (χ2n) is 3.07. The fourth-order valence-corrected chi connectivity index (χ4v) is 2.74. The van der Waals surface area contributed by atoms with Crippen molar-refractivity contribution in [2.75, 3.05) is 0 Å². The van der Waals surface area contributed by atoms with Gasteiger partial charge in [0.2, 0.25) is 0 Å². The Hall–Kier alpha value is -0.910. The lowest BCUT2D eigenvalue weighted by Gasteiger charge is -2.03. The van der Waals surface area contributed by atoms with E-state index in [2.05, 4.69) is 16.0 Å². The molecule has 0 aromatic carbocycles. The van der Waals surface area contributed by atoms with Crippen molar-refractivity contribution in [3.8, 4) is 0 Å². The minimum atomic E-state index is 0.538. The van der Waals surface area contributed by atoms with E-state index in [1.165, 1.54) is 0 Å². The monoisotopic (exact) mass is 237 g/mol. The van der Waals surface area contributed by atoms with Crippen molar-refractivity contribution < 1.29 is 0 Å². The van der Waals surface area contributed by atoms with E-state index in [-0.39, 0.29) is 0 Å². The van der Waals surface area contributed by atoms with Gasteiger partial charge in [-0.2, -0.15) is 0 Å². The van der Waals surface area contributed by atoms with Crippen LogP contribution in [0.2, 0.25) is 0 Å². The first-order chi connectivity index (χ1) is 7.29. The maximum absolute atomic E-state index is 5.55. The van der Waals surface area contributed by atoms with Crippen molar-refractivity contribution in [3.63, 3.8) is 0 Å². The lowest BCUT2D eigenvalue weighted by Crippen LogP contribution is -1.98. The summed E-state index contributed by atoms with van der Waals surface area (Å²) >= 11 is 3.22. The van der Waals surface area contributed by atoms with Crippen LogP contribution in [0.3, 0.4) is 0 Å². The Morgan fingerprint density at radius 3 is 2.93 bits per heavy atom. The molecule has 2 N–H and O–H groups in total. The number of hydrogen-bond donors (Lipinski definition) is 1. The molecular formula is C10H11N3S2. The maximum Gasteiger partial charge on any atom is 0.156 e. The van der Waals surface area contributed by atoms with E-state index in [0.717, 1.165) is 20.5 Å². The van der Waals surface area contributed by atoms with Crippen LogP contribution in [0.4, 0.5) is 0 Å². The first kappa shape index (κ1) is 10.6. The summed E-state index contributed by atoms with van der Waals surface area (Å²) in [5.74, 6) is 0. The quantitative estimate of drug-likeness (QED) is 0.891. The molecule has 3 nitrogen and oxygen atoms in total. The van der Waals surface area contributed by atoms with Crippen molar-refractivity contribution in [2.45, 2.75) is 22.8 Å². The number of aromatic nitrogens is 2. The molecule has 0 bridgehead atoms. The molecular weight excluding hydrogens is 226 g/mol. The number of thiazole rings is 1. The van der Waals surface area contributed by atoms with E-state index < -0.39 is 0 Å². The van der Waals surface area contributed by atoms with E-state index in [1.54, 1.807) is 29.3 Å². The summed E-state index contributed by atoms with van der Waals surface area (Å²) in [6.45, 7) is 2.58. The zero-order chi connectivity index (χ0) is 10.7. The zero-order valence-corrected chi connectivity index (χ0v) is 9.94. The Morgan fingerprint density at radius 2 is 2.33 bits per heavy atom. The Balaban J connectivity index is 2.22. The highest BCUT2D eigenvalue weighted by atomic mass is 32.2. The van der Waals surface area contributed by atoms with Gasteiger partial charge in [0.25, 0.3) is 0 Å². The summed E-state index contributed by atoms with van der Waals surface area (Å²) in [7, 11) is 0. The number of pyridine rings is 1. The van der Waals surface area contributed by atoms with Gasteiger partial charge in [0.05, 0.1) is 0 Å². The molecule has 0 saturated heterocycles. The molecule has 5 heteroatoms. The molecule has 0 aliphatic carbocycles. The molecule has 2 aromatic rings. The Labute approximate surface area is 96.8 Å². The average molecular weight is 237 g/mol. The van der Waals surface area contributed by atoms with E-state index in [4.69, 9.17) is 5.73 Å². The Kier molecular flexibility index (Phi) is 3.35. The fraction of sp³-hybridized carbons (Fsp3) is 0.200. The fourth-order valence-electron chi connectivity index (χ4n) is 1.18. The third-order valence-electron chi connectivity index (χ3n) is 1.92. The third-order valence-corrected chi connectivity index (χ3v) is 3.92. The van der Waals surface area contributed by atoms with E-state index in [0.29, 0.717) is 6.54 Å². The Bertz CT molecular complexity index is 440. The first-order valence-corrected chi connectivity index (χ1v) is 6.22. The molecule has 0 fully saturated rings. The molecule has 2 rings (SSSR count). The summed E-state index contributed by atoms with van der Waals surface area (Å²) in [6, 6.07) is 2.07. The van der Waals surface area contributed by atoms with Gasteiger partial charge in [0.1, 0.15) is 5.03 Å². The van der Waals surface area contributed by atoms with Gasteiger partial charge in [-0.25, -0.2) is 9.97 Å². The minimum absolute atomic E-state index is 0.538. The van der Waals surface area contributed by atoms with Crippen LogP contribution in [-0.4, -0.2) is 9.97 Å². The van der Waals surface area contributed by atoms with Crippen LogP contribution in [0, 0.1) is 6.92 Å².